The molecule has 2 fully saturated rings. The van der Waals surface area contributed by atoms with Gasteiger partial charge in [-0.1, -0.05) is 44.4 Å². The molecular weight excluding hydrogens is 367 g/mol. The molecule has 1 saturated carbocycles. The zero-order chi connectivity index (χ0) is 20.5. The number of rotatable bonds is 10. The average molecular weight is 405 g/mol. The lowest BCUT2D eigenvalue weighted by molar-refractivity contribution is -0.229. The van der Waals surface area contributed by atoms with Crippen molar-refractivity contribution in [3.8, 4) is 0 Å². The van der Waals surface area contributed by atoms with Crippen LogP contribution in [0.15, 0.2) is 30.9 Å². The van der Waals surface area contributed by atoms with Crippen LogP contribution < -0.4 is 0 Å². The number of benzene rings is 1. The highest BCUT2D eigenvalue weighted by molar-refractivity contribution is 5.27. The average Bonchev–Trinajstić information content (AvgIpc) is 2.76. The summed E-state index contributed by atoms with van der Waals surface area (Å²) < 4.78 is 31.9. The Kier molecular flexibility index (Phi) is 9.16. The third-order valence-corrected chi connectivity index (χ3v) is 6.41. The molecule has 1 aliphatic heterocycles. The molecule has 0 N–H and O–H groups in total. The molecule has 3 nitrogen and oxygen atoms in total. The SMILES string of the molecule is C=CCOCc1ccc(C2CCC(C3OCC(CCCCC)CO3)CC2)cc1F. The van der Waals surface area contributed by atoms with Crippen molar-refractivity contribution in [3.05, 3.63) is 47.8 Å². The van der Waals surface area contributed by atoms with Crippen LogP contribution in [0.5, 0.6) is 0 Å². The number of hydrogen-bond donors (Lipinski definition) is 0. The van der Waals surface area contributed by atoms with Crippen LogP contribution in [0.1, 0.15) is 75.3 Å². The molecule has 3 rings (SSSR count). The minimum absolute atomic E-state index is 0.0421. The molecule has 0 radical (unpaired) electrons. The van der Waals surface area contributed by atoms with Gasteiger partial charge in [-0.2, -0.15) is 0 Å². The molecule has 0 atom stereocenters. The van der Waals surface area contributed by atoms with Crippen LogP contribution >= 0.6 is 0 Å². The van der Waals surface area contributed by atoms with Crippen LogP contribution in [-0.2, 0) is 20.8 Å². The summed E-state index contributed by atoms with van der Waals surface area (Å²) in [6.45, 7) is 8.27. The van der Waals surface area contributed by atoms with Gasteiger partial charge < -0.3 is 14.2 Å². The highest BCUT2D eigenvalue weighted by Crippen LogP contribution is 2.39. The molecule has 0 aromatic heterocycles. The predicted molar refractivity (Wildman–Crippen MR) is 114 cm³/mol. The van der Waals surface area contributed by atoms with E-state index in [1.807, 2.05) is 6.07 Å². The maximum absolute atomic E-state index is 14.4. The Balaban J connectivity index is 1.42. The van der Waals surface area contributed by atoms with Gasteiger partial charge in [0.25, 0.3) is 0 Å². The minimum atomic E-state index is -0.165. The van der Waals surface area contributed by atoms with Crippen molar-refractivity contribution < 1.29 is 18.6 Å². The van der Waals surface area contributed by atoms with Crippen molar-refractivity contribution in [1.29, 1.82) is 0 Å². The molecule has 4 heteroatoms. The van der Waals surface area contributed by atoms with Crippen LogP contribution in [0.3, 0.4) is 0 Å². The van der Waals surface area contributed by atoms with Gasteiger partial charge in [-0.3, -0.25) is 0 Å². The normalized spacial score (nSPS) is 27.7. The molecule has 0 bridgehead atoms. The first-order valence-corrected chi connectivity index (χ1v) is 11.4. The maximum atomic E-state index is 14.4. The topological polar surface area (TPSA) is 27.7 Å². The Morgan fingerprint density at radius 3 is 2.55 bits per heavy atom. The molecule has 0 amide bonds. The van der Waals surface area contributed by atoms with Crippen LogP contribution in [0, 0.1) is 17.7 Å². The highest BCUT2D eigenvalue weighted by atomic mass is 19.1. The standard InChI is InChI=1S/C25H37FO3/c1-3-5-6-7-19-16-28-25(29-17-19)21-10-8-20(9-11-21)22-12-13-23(24(26)15-22)18-27-14-4-2/h4,12-13,15,19-21,25H,2-3,5-11,14,16-18H2,1H3. The van der Waals surface area contributed by atoms with E-state index in [-0.39, 0.29) is 12.1 Å². The van der Waals surface area contributed by atoms with E-state index in [0.717, 1.165) is 44.5 Å². The van der Waals surface area contributed by atoms with Crippen LogP contribution in [-0.4, -0.2) is 26.1 Å². The quantitative estimate of drug-likeness (QED) is 0.335. The Hall–Kier alpha value is -1.23. The lowest BCUT2D eigenvalue weighted by atomic mass is 9.78. The van der Waals surface area contributed by atoms with E-state index >= 15 is 0 Å². The molecule has 0 unspecified atom stereocenters. The van der Waals surface area contributed by atoms with Crippen molar-refractivity contribution in [3.63, 3.8) is 0 Å². The summed E-state index contributed by atoms with van der Waals surface area (Å²) in [5.74, 6) is 1.29. The fraction of sp³-hybridized carbons (Fsp3) is 0.680. The van der Waals surface area contributed by atoms with Crippen LogP contribution in [0.2, 0.25) is 0 Å². The van der Waals surface area contributed by atoms with Crippen LogP contribution in [0.25, 0.3) is 0 Å². The number of ether oxygens (including phenoxy) is 3. The molecule has 1 aromatic rings. The second-order valence-electron chi connectivity index (χ2n) is 8.66. The first kappa shape index (κ1) is 22.5. The van der Waals surface area contributed by atoms with E-state index in [9.17, 15) is 4.39 Å². The minimum Gasteiger partial charge on any atom is -0.373 e. The molecule has 162 valence electrons. The summed E-state index contributed by atoms with van der Waals surface area (Å²) in [6.07, 6.45) is 11.0. The Morgan fingerprint density at radius 1 is 1.14 bits per heavy atom. The molecule has 1 aliphatic carbocycles. The highest BCUT2D eigenvalue weighted by Gasteiger charge is 2.32. The summed E-state index contributed by atoms with van der Waals surface area (Å²) in [6, 6.07) is 5.63. The van der Waals surface area contributed by atoms with Gasteiger partial charge in [0.05, 0.1) is 26.4 Å². The first-order valence-electron chi connectivity index (χ1n) is 11.4. The zero-order valence-corrected chi connectivity index (χ0v) is 17.9. The lowest BCUT2D eigenvalue weighted by Crippen LogP contribution is -2.38. The van der Waals surface area contributed by atoms with E-state index in [0.29, 0.717) is 36.5 Å². The molecule has 0 spiro atoms. The Labute approximate surface area is 175 Å². The van der Waals surface area contributed by atoms with Gasteiger partial charge in [-0.25, -0.2) is 4.39 Å². The van der Waals surface area contributed by atoms with Gasteiger partial charge in [0.15, 0.2) is 6.29 Å². The van der Waals surface area contributed by atoms with E-state index in [2.05, 4.69) is 19.6 Å². The third kappa shape index (κ3) is 6.63. The van der Waals surface area contributed by atoms with E-state index in [1.165, 1.54) is 25.7 Å². The smallest absolute Gasteiger partial charge is 0.160 e. The summed E-state index contributed by atoms with van der Waals surface area (Å²) >= 11 is 0. The predicted octanol–water partition coefficient (Wildman–Crippen LogP) is 6.37. The molecule has 29 heavy (non-hydrogen) atoms. The van der Waals surface area contributed by atoms with E-state index < -0.39 is 0 Å². The van der Waals surface area contributed by atoms with Gasteiger partial charge in [-0.05, 0) is 49.7 Å². The van der Waals surface area contributed by atoms with Crippen LogP contribution in [0.4, 0.5) is 4.39 Å². The first-order chi connectivity index (χ1) is 14.2. The van der Waals surface area contributed by atoms with E-state index in [1.54, 1.807) is 12.1 Å². The number of hydrogen-bond acceptors (Lipinski definition) is 3. The van der Waals surface area contributed by atoms with Gasteiger partial charge in [0.1, 0.15) is 5.82 Å². The number of unbranched alkanes of at least 4 members (excludes halogenated alkanes) is 2. The summed E-state index contributed by atoms with van der Waals surface area (Å²) in [5, 5.41) is 0. The van der Waals surface area contributed by atoms with Gasteiger partial charge in [0.2, 0.25) is 0 Å². The van der Waals surface area contributed by atoms with E-state index in [4.69, 9.17) is 14.2 Å². The fourth-order valence-electron chi connectivity index (χ4n) is 4.59. The van der Waals surface area contributed by atoms with Crippen molar-refractivity contribution in [2.75, 3.05) is 19.8 Å². The molecule has 1 heterocycles. The Morgan fingerprint density at radius 2 is 1.90 bits per heavy atom. The summed E-state index contributed by atoms with van der Waals surface area (Å²) in [4.78, 5) is 0. The molecule has 2 aliphatic rings. The Bertz CT molecular complexity index is 616. The third-order valence-electron chi connectivity index (χ3n) is 6.41. The number of halogens is 1. The second kappa shape index (κ2) is 11.8. The van der Waals surface area contributed by atoms with Crippen molar-refractivity contribution in [2.24, 2.45) is 11.8 Å². The zero-order valence-electron chi connectivity index (χ0n) is 17.9. The molecule has 1 saturated heterocycles. The summed E-state index contributed by atoms with van der Waals surface area (Å²) in [7, 11) is 0. The molecule has 1 aromatic carbocycles. The second-order valence-corrected chi connectivity index (χ2v) is 8.66. The van der Waals surface area contributed by atoms with Gasteiger partial charge in [-0.15, -0.1) is 6.58 Å². The van der Waals surface area contributed by atoms with Crippen molar-refractivity contribution in [1.82, 2.24) is 0 Å². The van der Waals surface area contributed by atoms with Gasteiger partial charge >= 0.3 is 0 Å². The van der Waals surface area contributed by atoms with Crippen molar-refractivity contribution in [2.45, 2.75) is 77.1 Å². The summed E-state index contributed by atoms with van der Waals surface area (Å²) in [5.41, 5.74) is 1.72. The largest absolute Gasteiger partial charge is 0.373 e. The fourth-order valence-corrected chi connectivity index (χ4v) is 4.59. The van der Waals surface area contributed by atoms with Crippen molar-refractivity contribution >= 4 is 0 Å². The lowest BCUT2D eigenvalue weighted by Gasteiger charge is -2.37. The maximum Gasteiger partial charge on any atom is 0.160 e. The monoisotopic (exact) mass is 404 g/mol. The molecular formula is C25H37FO3. The van der Waals surface area contributed by atoms with Gasteiger partial charge in [0, 0.05) is 17.4 Å².